The first-order valence-electron chi connectivity index (χ1n) is 4.66. The number of hydrogen-bond donors (Lipinski definition) is 1. The maximum Gasteiger partial charge on any atom is 0.222 e. The fourth-order valence-electron chi connectivity index (χ4n) is 1.68. The zero-order valence-electron chi connectivity index (χ0n) is 7.62. The molecule has 1 amide bonds. The largest absolute Gasteiger partial charge is 0.396 e. The van der Waals surface area contributed by atoms with Gasteiger partial charge in [0.15, 0.2) is 0 Å². The van der Waals surface area contributed by atoms with Gasteiger partial charge in [-0.05, 0) is 26.2 Å². The normalized spacial score (nSPS) is 24.7. The summed E-state index contributed by atoms with van der Waals surface area (Å²) in [7, 11) is 0. The van der Waals surface area contributed by atoms with Gasteiger partial charge in [-0.1, -0.05) is 0 Å². The van der Waals surface area contributed by atoms with Crippen LogP contribution >= 0.6 is 0 Å². The van der Waals surface area contributed by atoms with Crippen molar-refractivity contribution in [3.63, 3.8) is 0 Å². The predicted octanol–water partition coefficient (Wildman–Crippen LogP) is 0.770. The second-order valence-corrected chi connectivity index (χ2v) is 3.41. The first kappa shape index (κ1) is 9.52. The van der Waals surface area contributed by atoms with Crippen LogP contribution in [0.3, 0.4) is 0 Å². The Labute approximate surface area is 73.4 Å². The van der Waals surface area contributed by atoms with E-state index < -0.39 is 0 Å². The van der Waals surface area contributed by atoms with E-state index in [1.807, 2.05) is 4.90 Å². The molecular weight excluding hydrogens is 154 g/mol. The van der Waals surface area contributed by atoms with Gasteiger partial charge in [0.1, 0.15) is 0 Å². The van der Waals surface area contributed by atoms with Crippen molar-refractivity contribution in [1.82, 2.24) is 4.90 Å². The third-order valence-electron chi connectivity index (χ3n) is 2.42. The highest BCUT2D eigenvalue weighted by molar-refractivity contribution is 5.77. The second kappa shape index (κ2) is 4.45. The topological polar surface area (TPSA) is 40.5 Å². The number of hydrogen-bond acceptors (Lipinski definition) is 2. The Hall–Kier alpha value is -0.570. The smallest absolute Gasteiger partial charge is 0.222 e. The Kier molecular flexibility index (Phi) is 3.53. The van der Waals surface area contributed by atoms with Crippen LogP contribution in [-0.2, 0) is 4.79 Å². The lowest BCUT2D eigenvalue weighted by molar-refractivity contribution is -0.136. The molecule has 1 unspecified atom stereocenters. The third kappa shape index (κ3) is 2.21. The maximum atomic E-state index is 11.4. The number of piperidine rings is 1. The molecule has 12 heavy (non-hydrogen) atoms. The summed E-state index contributed by atoms with van der Waals surface area (Å²) in [6.45, 7) is 2.97. The Balaban J connectivity index is 2.40. The fourth-order valence-corrected chi connectivity index (χ4v) is 1.68. The molecule has 0 saturated carbocycles. The average molecular weight is 171 g/mol. The van der Waals surface area contributed by atoms with Crippen molar-refractivity contribution in [2.75, 3.05) is 13.2 Å². The molecule has 3 heteroatoms. The van der Waals surface area contributed by atoms with Crippen LogP contribution in [0, 0.1) is 0 Å². The van der Waals surface area contributed by atoms with Crippen LogP contribution in [0.15, 0.2) is 0 Å². The second-order valence-electron chi connectivity index (χ2n) is 3.41. The first-order valence-corrected chi connectivity index (χ1v) is 4.66. The Morgan fingerprint density at radius 3 is 3.00 bits per heavy atom. The van der Waals surface area contributed by atoms with Crippen molar-refractivity contribution >= 4 is 5.91 Å². The quantitative estimate of drug-likeness (QED) is 0.681. The number of nitrogens with zero attached hydrogens (tertiary/aromatic N) is 1. The van der Waals surface area contributed by atoms with Crippen LogP contribution in [0.2, 0.25) is 0 Å². The van der Waals surface area contributed by atoms with Gasteiger partial charge in [0.2, 0.25) is 5.91 Å². The van der Waals surface area contributed by atoms with Gasteiger partial charge >= 0.3 is 0 Å². The SMILES string of the molecule is CC1CCCC(=O)N1CCCO. The van der Waals surface area contributed by atoms with E-state index in [1.165, 1.54) is 0 Å². The van der Waals surface area contributed by atoms with Crippen molar-refractivity contribution in [3.05, 3.63) is 0 Å². The zero-order valence-corrected chi connectivity index (χ0v) is 7.62. The lowest BCUT2D eigenvalue weighted by Crippen LogP contribution is -2.42. The predicted molar refractivity (Wildman–Crippen MR) is 46.7 cm³/mol. The molecule has 0 aromatic heterocycles. The standard InChI is InChI=1S/C9H17NO2/c1-8-4-2-5-9(12)10(8)6-3-7-11/h8,11H,2-7H2,1H3. The number of carbonyl (C=O) groups excluding carboxylic acids is 1. The molecule has 1 rings (SSSR count). The fraction of sp³-hybridized carbons (Fsp3) is 0.889. The van der Waals surface area contributed by atoms with Gasteiger partial charge < -0.3 is 10.0 Å². The molecule has 3 nitrogen and oxygen atoms in total. The zero-order chi connectivity index (χ0) is 8.97. The summed E-state index contributed by atoms with van der Waals surface area (Å²) in [5, 5.41) is 8.63. The summed E-state index contributed by atoms with van der Waals surface area (Å²) in [5.41, 5.74) is 0. The molecule has 0 aromatic rings. The Morgan fingerprint density at radius 1 is 1.67 bits per heavy atom. The van der Waals surface area contributed by atoms with E-state index >= 15 is 0 Å². The number of amides is 1. The molecule has 1 atom stereocenters. The molecule has 1 aliphatic heterocycles. The number of aliphatic hydroxyl groups is 1. The lowest BCUT2D eigenvalue weighted by atomic mass is 10.0. The van der Waals surface area contributed by atoms with E-state index in [4.69, 9.17) is 5.11 Å². The van der Waals surface area contributed by atoms with Crippen molar-refractivity contribution < 1.29 is 9.90 Å². The number of aliphatic hydroxyl groups excluding tert-OH is 1. The van der Waals surface area contributed by atoms with Gasteiger partial charge in [-0.3, -0.25) is 4.79 Å². The summed E-state index contributed by atoms with van der Waals surface area (Å²) >= 11 is 0. The van der Waals surface area contributed by atoms with Crippen molar-refractivity contribution in [3.8, 4) is 0 Å². The van der Waals surface area contributed by atoms with Crippen LogP contribution in [-0.4, -0.2) is 35.1 Å². The molecule has 1 saturated heterocycles. The average Bonchev–Trinajstić information content (AvgIpc) is 2.04. The van der Waals surface area contributed by atoms with Crippen LogP contribution < -0.4 is 0 Å². The molecule has 1 heterocycles. The summed E-state index contributed by atoms with van der Waals surface area (Å²) < 4.78 is 0. The summed E-state index contributed by atoms with van der Waals surface area (Å²) in [6, 6.07) is 0.373. The minimum Gasteiger partial charge on any atom is -0.396 e. The number of rotatable bonds is 3. The lowest BCUT2D eigenvalue weighted by Gasteiger charge is -2.33. The molecule has 1 N–H and O–H groups in total. The number of carbonyl (C=O) groups is 1. The molecule has 0 bridgehead atoms. The van der Waals surface area contributed by atoms with Crippen molar-refractivity contribution in [2.45, 2.75) is 38.6 Å². The molecule has 1 fully saturated rings. The molecule has 0 spiro atoms. The number of likely N-dealkylation sites (tertiary alicyclic amines) is 1. The van der Waals surface area contributed by atoms with E-state index in [9.17, 15) is 4.79 Å². The van der Waals surface area contributed by atoms with Crippen LogP contribution in [0.25, 0.3) is 0 Å². The van der Waals surface area contributed by atoms with Gasteiger partial charge in [-0.25, -0.2) is 0 Å². The maximum absolute atomic E-state index is 11.4. The van der Waals surface area contributed by atoms with Gasteiger partial charge in [0.05, 0.1) is 0 Å². The van der Waals surface area contributed by atoms with E-state index in [1.54, 1.807) is 0 Å². The van der Waals surface area contributed by atoms with Gasteiger partial charge in [0.25, 0.3) is 0 Å². The van der Waals surface area contributed by atoms with Gasteiger partial charge in [0, 0.05) is 25.6 Å². The summed E-state index contributed by atoms with van der Waals surface area (Å²) in [5.74, 6) is 0.252. The molecule has 0 aliphatic carbocycles. The van der Waals surface area contributed by atoms with Crippen LogP contribution in [0.4, 0.5) is 0 Å². The highest BCUT2D eigenvalue weighted by atomic mass is 16.3. The van der Waals surface area contributed by atoms with Crippen LogP contribution in [0.5, 0.6) is 0 Å². The van der Waals surface area contributed by atoms with Gasteiger partial charge in [-0.2, -0.15) is 0 Å². The molecule has 1 aliphatic rings. The van der Waals surface area contributed by atoms with E-state index in [-0.39, 0.29) is 12.5 Å². The van der Waals surface area contributed by atoms with E-state index in [0.29, 0.717) is 18.9 Å². The summed E-state index contributed by atoms with van der Waals surface area (Å²) in [6.07, 6.45) is 3.53. The van der Waals surface area contributed by atoms with E-state index in [2.05, 4.69) is 6.92 Å². The third-order valence-corrected chi connectivity index (χ3v) is 2.42. The van der Waals surface area contributed by atoms with E-state index in [0.717, 1.165) is 19.4 Å². The van der Waals surface area contributed by atoms with Gasteiger partial charge in [-0.15, -0.1) is 0 Å². The Bertz CT molecular complexity index is 159. The van der Waals surface area contributed by atoms with Crippen molar-refractivity contribution in [2.24, 2.45) is 0 Å². The highest BCUT2D eigenvalue weighted by Gasteiger charge is 2.23. The van der Waals surface area contributed by atoms with Crippen LogP contribution in [0.1, 0.15) is 32.6 Å². The Morgan fingerprint density at radius 2 is 2.42 bits per heavy atom. The highest BCUT2D eigenvalue weighted by Crippen LogP contribution is 2.17. The molecular formula is C9H17NO2. The molecule has 0 radical (unpaired) electrons. The monoisotopic (exact) mass is 171 g/mol. The van der Waals surface area contributed by atoms with Crippen molar-refractivity contribution in [1.29, 1.82) is 0 Å². The summed E-state index contributed by atoms with van der Waals surface area (Å²) in [4.78, 5) is 13.2. The minimum atomic E-state index is 0.177. The molecule has 70 valence electrons. The molecule has 0 aromatic carbocycles. The first-order chi connectivity index (χ1) is 5.75. The minimum absolute atomic E-state index is 0.177.